The van der Waals surface area contributed by atoms with Crippen LogP contribution in [0, 0.1) is 0 Å². The van der Waals surface area contributed by atoms with Crippen LogP contribution in [0.15, 0.2) is 34.7 Å². The van der Waals surface area contributed by atoms with E-state index >= 15 is 0 Å². The molecular weight excluding hydrogens is 266 g/mol. The summed E-state index contributed by atoms with van der Waals surface area (Å²) >= 11 is 2.89. The molecule has 0 unspecified atom stereocenters. The lowest BCUT2D eigenvalue weighted by atomic mass is 10.1. The largest absolute Gasteiger partial charge is 0.363 e. The highest BCUT2D eigenvalue weighted by Gasteiger charge is 2.18. The van der Waals surface area contributed by atoms with Crippen LogP contribution < -0.4 is 5.32 Å². The Morgan fingerprint density at radius 3 is 2.67 bits per heavy atom. The van der Waals surface area contributed by atoms with Gasteiger partial charge in [-0.2, -0.15) is 0 Å². The van der Waals surface area contributed by atoms with Crippen LogP contribution in [0.2, 0.25) is 0 Å². The van der Waals surface area contributed by atoms with Crippen molar-refractivity contribution >= 4 is 34.0 Å². The van der Waals surface area contributed by atoms with Crippen molar-refractivity contribution in [3.8, 4) is 0 Å². The van der Waals surface area contributed by atoms with Crippen molar-refractivity contribution in [2.24, 2.45) is 0 Å². The van der Waals surface area contributed by atoms with Gasteiger partial charge in [0.1, 0.15) is 0 Å². The van der Waals surface area contributed by atoms with E-state index in [0.717, 1.165) is 15.0 Å². The van der Waals surface area contributed by atoms with Crippen molar-refractivity contribution in [2.75, 3.05) is 12.4 Å². The summed E-state index contributed by atoms with van der Waals surface area (Å²) in [5, 5.41) is 11.5. The van der Waals surface area contributed by atoms with Gasteiger partial charge < -0.3 is 5.32 Å². The number of hydrogen-bond acceptors (Lipinski definition) is 6. The van der Waals surface area contributed by atoms with Crippen molar-refractivity contribution < 1.29 is 4.79 Å². The quantitative estimate of drug-likeness (QED) is 0.673. The van der Waals surface area contributed by atoms with Crippen LogP contribution in [0.4, 0.5) is 5.13 Å². The number of carbonyl (C=O) groups is 1. The number of thioether (sulfide) groups is 1. The van der Waals surface area contributed by atoms with Crippen LogP contribution in [-0.4, -0.2) is 28.3 Å². The maximum Gasteiger partial charge on any atom is 0.206 e. The van der Waals surface area contributed by atoms with Crippen LogP contribution in [0.5, 0.6) is 0 Å². The first-order valence-corrected chi connectivity index (χ1v) is 7.17. The zero-order chi connectivity index (χ0) is 13.0. The predicted octanol–water partition coefficient (Wildman–Crippen LogP) is 2.94. The summed E-state index contributed by atoms with van der Waals surface area (Å²) in [4.78, 5) is 12.1. The standard InChI is InChI=1S/C12H13N3OS2/c1-8(10(16)9-6-4-3-5-7-9)17-12-15-14-11(13-2)18-12/h3-8H,1-2H3,(H,13,14)/t8-/m0/s1. The summed E-state index contributed by atoms with van der Waals surface area (Å²) in [7, 11) is 1.80. The van der Waals surface area contributed by atoms with Crippen molar-refractivity contribution in [1.29, 1.82) is 0 Å². The number of nitrogens with zero attached hydrogens (tertiary/aromatic N) is 2. The lowest BCUT2D eigenvalue weighted by Gasteiger charge is -2.07. The minimum Gasteiger partial charge on any atom is -0.363 e. The van der Waals surface area contributed by atoms with E-state index in [0.29, 0.717) is 0 Å². The van der Waals surface area contributed by atoms with E-state index in [4.69, 9.17) is 0 Å². The molecule has 0 aliphatic carbocycles. The number of Topliss-reactive ketones (excluding diaryl/α,β-unsaturated/α-hetero) is 1. The van der Waals surface area contributed by atoms with Gasteiger partial charge in [-0.05, 0) is 6.92 Å². The summed E-state index contributed by atoms with van der Waals surface area (Å²) in [6.45, 7) is 1.89. The number of hydrogen-bond donors (Lipinski definition) is 1. The fourth-order valence-corrected chi connectivity index (χ4v) is 3.33. The molecule has 0 radical (unpaired) electrons. The summed E-state index contributed by atoms with van der Waals surface area (Å²) in [5.41, 5.74) is 0.732. The molecule has 0 saturated heterocycles. The molecule has 2 rings (SSSR count). The third-order valence-electron chi connectivity index (χ3n) is 2.33. The molecule has 6 heteroatoms. The number of nitrogens with one attached hydrogen (secondary N) is 1. The van der Waals surface area contributed by atoms with Crippen LogP contribution in [0.1, 0.15) is 17.3 Å². The smallest absolute Gasteiger partial charge is 0.206 e. The van der Waals surface area contributed by atoms with E-state index in [1.807, 2.05) is 37.3 Å². The van der Waals surface area contributed by atoms with Gasteiger partial charge in [0.25, 0.3) is 0 Å². The van der Waals surface area contributed by atoms with Crippen molar-refractivity contribution in [1.82, 2.24) is 10.2 Å². The molecule has 0 fully saturated rings. The second kappa shape index (κ2) is 5.97. The topological polar surface area (TPSA) is 54.9 Å². The summed E-state index contributed by atoms with van der Waals surface area (Å²) in [6, 6.07) is 9.30. The molecular formula is C12H13N3OS2. The Morgan fingerprint density at radius 1 is 1.33 bits per heavy atom. The van der Waals surface area contributed by atoms with Gasteiger partial charge in [0.15, 0.2) is 10.1 Å². The Balaban J connectivity index is 2.03. The molecule has 1 heterocycles. The minimum absolute atomic E-state index is 0.113. The molecule has 0 spiro atoms. The summed E-state index contributed by atoms with van der Waals surface area (Å²) < 4.78 is 0.802. The van der Waals surface area contributed by atoms with Crippen molar-refractivity contribution in [3.05, 3.63) is 35.9 Å². The lowest BCUT2D eigenvalue weighted by Crippen LogP contribution is -2.13. The van der Waals surface area contributed by atoms with Gasteiger partial charge in [-0.15, -0.1) is 10.2 Å². The molecule has 1 N–H and O–H groups in total. The van der Waals surface area contributed by atoms with Crippen LogP contribution >= 0.6 is 23.1 Å². The Morgan fingerprint density at radius 2 is 2.06 bits per heavy atom. The van der Waals surface area contributed by atoms with Crippen LogP contribution in [0.25, 0.3) is 0 Å². The first kappa shape index (κ1) is 13.0. The zero-order valence-corrected chi connectivity index (χ0v) is 11.7. The number of carbonyl (C=O) groups excluding carboxylic acids is 1. The number of rotatable bonds is 5. The Labute approximate surface area is 114 Å². The van der Waals surface area contributed by atoms with Gasteiger partial charge in [-0.3, -0.25) is 4.79 Å². The second-order valence-electron chi connectivity index (χ2n) is 3.61. The predicted molar refractivity (Wildman–Crippen MR) is 75.5 cm³/mol. The Bertz CT molecular complexity index is 527. The average molecular weight is 279 g/mol. The van der Waals surface area contributed by atoms with Crippen molar-refractivity contribution in [2.45, 2.75) is 16.5 Å². The van der Waals surface area contributed by atoms with Gasteiger partial charge in [-0.1, -0.05) is 53.4 Å². The van der Waals surface area contributed by atoms with Crippen LogP contribution in [0.3, 0.4) is 0 Å². The third-order valence-corrected chi connectivity index (χ3v) is 4.45. The SMILES string of the molecule is CNc1nnc(S[C@@H](C)C(=O)c2ccccc2)s1. The Hall–Kier alpha value is -1.40. The summed E-state index contributed by atoms with van der Waals surface area (Å²) in [6.07, 6.45) is 0. The van der Waals surface area contributed by atoms with E-state index in [-0.39, 0.29) is 11.0 Å². The van der Waals surface area contributed by atoms with Gasteiger partial charge >= 0.3 is 0 Å². The highest BCUT2D eigenvalue weighted by molar-refractivity contribution is 8.02. The van der Waals surface area contributed by atoms with Gasteiger partial charge in [0.2, 0.25) is 5.13 Å². The van der Waals surface area contributed by atoms with E-state index in [1.165, 1.54) is 23.1 Å². The number of aromatic nitrogens is 2. The first-order chi connectivity index (χ1) is 8.70. The lowest BCUT2D eigenvalue weighted by molar-refractivity contribution is 0.0994. The van der Waals surface area contributed by atoms with Crippen LogP contribution in [-0.2, 0) is 0 Å². The summed E-state index contributed by atoms with van der Waals surface area (Å²) in [5.74, 6) is 0.113. The molecule has 0 aliphatic heterocycles. The minimum atomic E-state index is -0.162. The van der Waals surface area contributed by atoms with E-state index in [2.05, 4.69) is 15.5 Å². The molecule has 0 aliphatic rings. The second-order valence-corrected chi connectivity index (χ2v) is 6.18. The number of anilines is 1. The van der Waals surface area contributed by atoms with Gasteiger partial charge in [0.05, 0.1) is 5.25 Å². The van der Waals surface area contributed by atoms with E-state index in [9.17, 15) is 4.79 Å². The van der Waals surface area contributed by atoms with Crippen molar-refractivity contribution in [3.63, 3.8) is 0 Å². The molecule has 4 nitrogen and oxygen atoms in total. The molecule has 0 bridgehead atoms. The Kier molecular flexibility index (Phi) is 4.33. The van der Waals surface area contributed by atoms with Gasteiger partial charge in [0, 0.05) is 12.6 Å². The average Bonchev–Trinajstić information content (AvgIpc) is 2.86. The monoisotopic (exact) mass is 279 g/mol. The molecule has 18 heavy (non-hydrogen) atoms. The molecule has 0 saturated carbocycles. The maximum atomic E-state index is 12.1. The van der Waals surface area contributed by atoms with Gasteiger partial charge in [-0.25, -0.2) is 0 Å². The highest BCUT2D eigenvalue weighted by atomic mass is 32.2. The van der Waals surface area contributed by atoms with E-state index < -0.39 is 0 Å². The molecule has 94 valence electrons. The third kappa shape index (κ3) is 3.08. The normalized spacial score (nSPS) is 12.1. The fourth-order valence-electron chi connectivity index (χ4n) is 1.40. The van der Waals surface area contributed by atoms with E-state index in [1.54, 1.807) is 7.05 Å². The molecule has 0 amide bonds. The molecule has 1 atom stereocenters. The zero-order valence-electron chi connectivity index (χ0n) is 10.1. The molecule has 1 aromatic heterocycles. The highest BCUT2D eigenvalue weighted by Crippen LogP contribution is 2.29. The fraction of sp³-hybridized carbons (Fsp3) is 0.250. The first-order valence-electron chi connectivity index (χ1n) is 5.48. The number of benzene rings is 1. The molecule has 1 aromatic carbocycles. The maximum absolute atomic E-state index is 12.1. The molecule has 2 aromatic rings. The number of ketones is 1.